The Kier molecular flexibility index (Phi) is 4.99. The maximum Gasteiger partial charge on any atom is 0.290 e. The number of carbonyl (C=O) groups excluding carboxylic acids is 3. The van der Waals surface area contributed by atoms with Crippen LogP contribution < -0.4 is 5.32 Å². The highest BCUT2D eigenvalue weighted by molar-refractivity contribution is 6.01. The number of benzene rings is 2. The van der Waals surface area contributed by atoms with Crippen molar-refractivity contribution < 1.29 is 18.8 Å². The van der Waals surface area contributed by atoms with E-state index in [4.69, 9.17) is 4.42 Å². The van der Waals surface area contributed by atoms with E-state index in [1.54, 1.807) is 41.3 Å². The van der Waals surface area contributed by atoms with Crippen LogP contribution in [0.4, 0.5) is 5.69 Å². The number of fused-ring (bicyclic) bond motifs is 1. The molecular formula is C23H20N2O4. The number of hydrogen-bond acceptors (Lipinski definition) is 4. The van der Waals surface area contributed by atoms with Crippen molar-refractivity contribution in [3.05, 3.63) is 89.4 Å². The summed E-state index contributed by atoms with van der Waals surface area (Å²) in [5.74, 6) is -0.443. The molecule has 1 N–H and O–H groups in total. The van der Waals surface area contributed by atoms with Crippen LogP contribution in [0.25, 0.3) is 0 Å². The Balaban J connectivity index is 1.60. The topological polar surface area (TPSA) is 79.6 Å². The maximum absolute atomic E-state index is 13.1. The number of rotatable bonds is 4. The molecule has 0 saturated carbocycles. The summed E-state index contributed by atoms with van der Waals surface area (Å²) in [4.78, 5) is 39.0. The fraction of sp³-hybridized carbons (Fsp3) is 0.174. The molecule has 146 valence electrons. The number of ketones is 1. The lowest BCUT2D eigenvalue weighted by Gasteiger charge is -2.35. The van der Waals surface area contributed by atoms with Gasteiger partial charge in [0.25, 0.3) is 5.91 Å². The van der Waals surface area contributed by atoms with Crippen molar-refractivity contribution >= 4 is 23.3 Å². The van der Waals surface area contributed by atoms with Gasteiger partial charge in [-0.2, -0.15) is 0 Å². The summed E-state index contributed by atoms with van der Waals surface area (Å²) in [5.41, 5.74) is 3.21. The van der Waals surface area contributed by atoms with Crippen LogP contribution in [0, 0.1) is 0 Å². The largest absolute Gasteiger partial charge is 0.459 e. The fourth-order valence-corrected chi connectivity index (χ4v) is 3.53. The fourth-order valence-electron chi connectivity index (χ4n) is 3.53. The predicted molar refractivity (Wildman–Crippen MR) is 108 cm³/mol. The SMILES string of the molecule is CC(=O)c1ccc(NC(=O)[C@H]2Cc3ccccc3CN2C(=O)c2ccco2)cc1. The molecule has 1 aliphatic heterocycles. The second kappa shape index (κ2) is 7.75. The Bertz CT molecular complexity index is 1050. The van der Waals surface area contributed by atoms with Crippen LogP contribution in [0.3, 0.4) is 0 Å². The molecule has 0 fully saturated rings. The minimum absolute atomic E-state index is 0.0398. The van der Waals surface area contributed by atoms with Gasteiger partial charge in [-0.25, -0.2) is 0 Å². The third kappa shape index (κ3) is 3.82. The molecule has 4 rings (SSSR count). The summed E-state index contributed by atoms with van der Waals surface area (Å²) < 4.78 is 5.26. The summed E-state index contributed by atoms with van der Waals surface area (Å²) >= 11 is 0. The standard InChI is InChI=1S/C23H20N2O4/c1-15(26)16-8-10-19(11-9-16)24-22(27)20-13-17-5-2-3-6-18(17)14-25(20)23(28)21-7-4-12-29-21/h2-12,20H,13-14H2,1H3,(H,24,27)/t20-/m1/s1. The third-order valence-electron chi connectivity index (χ3n) is 5.10. The molecular weight excluding hydrogens is 368 g/mol. The molecule has 6 nitrogen and oxygen atoms in total. The average Bonchev–Trinajstić information content (AvgIpc) is 3.27. The molecule has 0 radical (unpaired) electrons. The summed E-state index contributed by atoms with van der Waals surface area (Å²) in [6.45, 7) is 1.82. The number of furan rings is 1. The lowest BCUT2D eigenvalue weighted by Crippen LogP contribution is -2.50. The van der Waals surface area contributed by atoms with Crippen LogP contribution >= 0.6 is 0 Å². The average molecular weight is 388 g/mol. The smallest absolute Gasteiger partial charge is 0.290 e. The number of Topliss-reactive ketones (excluding diaryl/α,β-unsaturated/α-hetero) is 1. The van der Waals surface area contributed by atoms with E-state index in [2.05, 4.69) is 5.32 Å². The molecule has 3 aromatic rings. The molecule has 0 saturated heterocycles. The number of nitrogens with one attached hydrogen (secondary N) is 1. The lowest BCUT2D eigenvalue weighted by atomic mass is 9.93. The monoisotopic (exact) mass is 388 g/mol. The highest BCUT2D eigenvalue weighted by Gasteiger charge is 2.36. The normalized spacial score (nSPS) is 15.5. The van der Waals surface area contributed by atoms with Crippen LogP contribution in [0.2, 0.25) is 0 Å². The van der Waals surface area contributed by atoms with Gasteiger partial charge in [0.15, 0.2) is 11.5 Å². The van der Waals surface area contributed by atoms with E-state index in [-0.39, 0.29) is 23.4 Å². The number of anilines is 1. The molecule has 0 unspecified atom stereocenters. The maximum atomic E-state index is 13.1. The molecule has 0 spiro atoms. The first-order valence-electron chi connectivity index (χ1n) is 9.36. The highest BCUT2D eigenvalue weighted by Crippen LogP contribution is 2.26. The van der Waals surface area contributed by atoms with E-state index in [1.165, 1.54) is 13.2 Å². The molecule has 2 aromatic carbocycles. The van der Waals surface area contributed by atoms with Crippen molar-refractivity contribution in [3.8, 4) is 0 Å². The predicted octanol–water partition coefficient (Wildman–Crippen LogP) is 3.69. The zero-order valence-electron chi connectivity index (χ0n) is 15.9. The second-order valence-corrected chi connectivity index (χ2v) is 7.02. The number of carbonyl (C=O) groups is 3. The first-order chi connectivity index (χ1) is 14.0. The molecule has 29 heavy (non-hydrogen) atoms. The van der Waals surface area contributed by atoms with Gasteiger partial charge in [-0.15, -0.1) is 0 Å². The quantitative estimate of drug-likeness (QED) is 0.692. The van der Waals surface area contributed by atoms with Gasteiger partial charge in [0, 0.05) is 24.2 Å². The van der Waals surface area contributed by atoms with Gasteiger partial charge in [0.1, 0.15) is 6.04 Å². The zero-order valence-corrected chi connectivity index (χ0v) is 15.9. The van der Waals surface area contributed by atoms with Crippen LogP contribution in [-0.2, 0) is 17.8 Å². The molecule has 0 bridgehead atoms. The molecule has 6 heteroatoms. The Morgan fingerprint density at radius 1 is 0.966 bits per heavy atom. The second-order valence-electron chi connectivity index (χ2n) is 7.02. The van der Waals surface area contributed by atoms with Crippen LogP contribution in [-0.4, -0.2) is 28.5 Å². The Morgan fingerprint density at radius 2 is 1.69 bits per heavy atom. The van der Waals surface area contributed by atoms with E-state index in [0.29, 0.717) is 24.2 Å². The first kappa shape index (κ1) is 18.7. The Morgan fingerprint density at radius 3 is 2.34 bits per heavy atom. The first-order valence-corrected chi connectivity index (χ1v) is 9.36. The van der Waals surface area contributed by atoms with Crippen LogP contribution in [0.5, 0.6) is 0 Å². The van der Waals surface area contributed by atoms with Crippen molar-refractivity contribution in [3.63, 3.8) is 0 Å². The van der Waals surface area contributed by atoms with E-state index in [0.717, 1.165) is 11.1 Å². The van der Waals surface area contributed by atoms with Gasteiger partial charge in [-0.3, -0.25) is 14.4 Å². The summed E-state index contributed by atoms with van der Waals surface area (Å²) in [6, 6.07) is 17.1. The minimum atomic E-state index is -0.671. The molecule has 2 heterocycles. The van der Waals surface area contributed by atoms with E-state index >= 15 is 0 Å². The molecule has 1 atom stereocenters. The Hall–Kier alpha value is -3.67. The van der Waals surface area contributed by atoms with Crippen LogP contribution in [0.15, 0.2) is 71.3 Å². The summed E-state index contributed by atoms with van der Waals surface area (Å²) in [6.07, 6.45) is 1.86. The molecule has 1 aromatic heterocycles. The number of hydrogen-bond donors (Lipinski definition) is 1. The van der Waals surface area contributed by atoms with Crippen molar-refractivity contribution in [1.82, 2.24) is 4.90 Å². The van der Waals surface area contributed by atoms with Gasteiger partial charge in [-0.1, -0.05) is 24.3 Å². The molecule has 2 amide bonds. The van der Waals surface area contributed by atoms with Gasteiger partial charge >= 0.3 is 0 Å². The number of nitrogens with zero attached hydrogens (tertiary/aromatic N) is 1. The zero-order chi connectivity index (χ0) is 20.4. The lowest BCUT2D eigenvalue weighted by molar-refractivity contribution is -0.121. The minimum Gasteiger partial charge on any atom is -0.459 e. The van der Waals surface area contributed by atoms with Gasteiger partial charge in [-0.05, 0) is 54.4 Å². The van der Waals surface area contributed by atoms with Gasteiger partial charge < -0.3 is 14.6 Å². The van der Waals surface area contributed by atoms with E-state index < -0.39 is 6.04 Å². The van der Waals surface area contributed by atoms with E-state index in [1.807, 2.05) is 24.3 Å². The summed E-state index contributed by atoms with van der Waals surface area (Å²) in [7, 11) is 0. The summed E-state index contributed by atoms with van der Waals surface area (Å²) in [5, 5.41) is 2.86. The third-order valence-corrected chi connectivity index (χ3v) is 5.10. The van der Waals surface area contributed by atoms with Gasteiger partial charge in [0.2, 0.25) is 5.91 Å². The van der Waals surface area contributed by atoms with Crippen molar-refractivity contribution in [2.45, 2.75) is 25.9 Å². The number of amides is 2. The van der Waals surface area contributed by atoms with Gasteiger partial charge in [0.05, 0.1) is 6.26 Å². The highest BCUT2D eigenvalue weighted by atomic mass is 16.3. The van der Waals surface area contributed by atoms with E-state index in [9.17, 15) is 14.4 Å². The molecule has 1 aliphatic rings. The van der Waals surface area contributed by atoms with Crippen LogP contribution in [0.1, 0.15) is 39.0 Å². The molecule has 0 aliphatic carbocycles. The van der Waals surface area contributed by atoms with Crippen molar-refractivity contribution in [2.75, 3.05) is 5.32 Å². The van der Waals surface area contributed by atoms with Crippen molar-refractivity contribution in [1.29, 1.82) is 0 Å². The van der Waals surface area contributed by atoms with Crippen molar-refractivity contribution in [2.24, 2.45) is 0 Å². The Labute approximate surface area is 168 Å².